The van der Waals surface area contributed by atoms with Crippen LogP contribution >= 0.6 is 22.6 Å². The first-order valence-electron chi connectivity index (χ1n) is 6.41. The van der Waals surface area contributed by atoms with E-state index < -0.39 is 0 Å². The van der Waals surface area contributed by atoms with Crippen LogP contribution in [0.2, 0.25) is 0 Å². The molecule has 19 heavy (non-hydrogen) atoms. The van der Waals surface area contributed by atoms with Gasteiger partial charge in [-0.3, -0.25) is 0 Å². The van der Waals surface area contributed by atoms with Gasteiger partial charge in [-0.1, -0.05) is 12.1 Å². The lowest BCUT2D eigenvalue weighted by Gasteiger charge is -2.11. The monoisotopic (exact) mass is 367 g/mol. The van der Waals surface area contributed by atoms with E-state index in [-0.39, 0.29) is 0 Å². The predicted octanol–water partition coefficient (Wildman–Crippen LogP) is 4.61. The number of hydrogen-bond donors (Lipinski definition) is 1. The van der Waals surface area contributed by atoms with E-state index in [4.69, 9.17) is 4.74 Å². The number of anilines is 1. The van der Waals surface area contributed by atoms with Crippen molar-refractivity contribution in [1.82, 2.24) is 0 Å². The molecule has 0 aliphatic carbocycles. The Balaban J connectivity index is 2.03. The van der Waals surface area contributed by atoms with E-state index in [0.29, 0.717) is 6.61 Å². The van der Waals surface area contributed by atoms with Crippen molar-refractivity contribution >= 4 is 28.3 Å². The minimum Gasteiger partial charge on any atom is -0.494 e. The van der Waals surface area contributed by atoms with E-state index in [2.05, 4.69) is 65.2 Å². The fourth-order valence-electron chi connectivity index (χ4n) is 1.93. The maximum Gasteiger partial charge on any atom is 0.119 e. The van der Waals surface area contributed by atoms with Crippen LogP contribution in [0.3, 0.4) is 0 Å². The summed E-state index contributed by atoms with van der Waals surface area (Å²) in [6.45, 7) is 5.64. The summed E-state index contributed by atoms with van der Waals surface area (Å²) in [6.07, 6.45) is 0. The standard InChI is InChI=1S/C16H18INO/c1-3-19-15-6-4-5-13(10-15)11-18-16-8-7-14(17)9-12(16)2/h4-10,18H,3,11H2,1-2H3. The highest BCUT2D eigenvalue weighted by Gasteiger charge is 2.00. The van der Waals surface area contributed by atoms with Gasteiger partial charge < -0.3 is 10.1 Å². The van der Waals surface area contributed by atoms with Crippen LogP contribution in [0.4, 0.5) is 5.69 Å². The minimum absolute atomic E-state index is 0.702. The molecule has 0 unspecified atom stereocenters. The fourth-order valence-corrected chi connectivity index (χ4v) is 2.58. The second kappa shape index (κ2) is 6.80. The maximum absolute atomic E-state index is 5.51. The van der Waals surface area contributed by atoms with Crippen molar-refractivity contribution in [3.05, 3.63) is 57.2 Å². The molecule has 0 saturated carbocycles. The first-order chi connectivity index (χ1) is 9.19. The van der Waals surface area contributed by atoms with Crippen LogP contribution in [0.1, 0.15) is 18.1 Å². The molecule has 2 rings (SSSR count). The van der Waals surface area contributed by atoms with E-state index in [1.807, 2.05) is 19.1 Å². The topological polar surface area (TPSA) is 21.3 Å². The van der Waals surface area contributed by atoms with Gasteiger partial charge >= 0.3 is 0 Å². The molecule has 0 heterocycles. The summed E-state index contributed by atoms with van der Waals surface area (Å²) in [5, 5.41) is 3.47. The molecule has 0 aliphatic rings. The van der Waals surface area contributed by atoms with E-state index >= 15 is 0 Å². The van der Waals surface area contributed by atoms with E-state index in [1.54, 1.807) is 0 Å². The molecule has 2 aromatic carbocycles. The summed E-state index contributed by atoms with van der Waals surface area (Å²) in [5.41, 5.74) is 3.68. The van der Waals surface area contributed by atoms with Crippen molar-refractivity contribution in [2.75, 3.05) is 11.9 Å². The Bertz CT molecular complexity index is 554. The average Bonchev–Trinajstić information content (AvgIpc) is 2.38. The molecule has 0 spiro atoms. The van der Waals surface area contributed by atoms with Crippen molar-refractivity contribution in [2.45, 2.75) is 20.4 Å². The van der Waals surface area contributed by atoms with E-state index in [1.165, 1.54) is 20.4 Å². The van der Waals surface area contributed by atoms with Gasteiger partial charge in [0.25, 0.3) is 0 Å². The third-order valence-corrected chi connectivity index (χ3v) is 3.55. The van der Waals surface area contributed by atoms with E-state index in [9.17, 15) is 0 Å². The van der Waals surface area contributed by atoms with Crippen molar-refractivity contribution < 1.29 is 4.74 Å². The Hall–Kier alpha value is -1.23. The molecule has 0 amide bonds. The Labute approximate surface area is 128 Å². The van der Waals surface area contributed by atoms with Gasteiger partial charge in [0.1, 0.15) is 5.75 Å². The van der Waals surface area contributed by atoms with Gasteiger partial charge in [-0.15, -0.1) is 0 Å². The lowest BCUT2D eigenvalue weighted by molar-refractivity contribution is 0.340. The summed E-state index contributed by atoms with van der Waals surface area (Å²) in [4.78, 5) is 0. The number of hydrogen-bond acceptors (Lipinski definition) is 2. The van der Waals surface area contributed by atoms with Crippen LogP contribution in [-0.2, 0) is 6.54 Å². The Morgan fingerprint density at radius 3 is 2.74 bits per heavy atom. The second-order valence-corrected chi connectivity index (χ2v) is 5.64. The highest BCUT2D eigenvalue weighted by molar-refractivity contribution is 14.1. The number of benzene rings is 2. The zero-order chi connectivity index (χ0) is 13.7. The fraction of sp³-hybridized carbons (Fsp3) is 0.250. The van der Waals surface area contributed by atoms with Crippen LogP contribution < -0.4 is 10.1 Å². The molecule has 2 nitrogen and oxygen atoms in total. The quantitative estimate of drug-likeness (QED) is 0.780. The number of rotatable bonds is 5. The van der Waals surface area contributed by atoms with Crippen LogP contribution in [0.5, 0.6) is 5.75 Å². The predicted molar refractivity (Wildman–Crippen MR) is 88.8 cm³/mol. The van der Waals surface area contributed by atoms with E-state index in [0.717, 1.165) is 12.3 Å². The molecule has 0 saturated heterocycles. The lowest BCUT2D eigenvalue weighted by atomic mass is 10.1. The summed E-state index contributed by atoms with van der Waals surface area (Å²) < 4.78 is 6.77. The van der Waals surface area contributed by atoms with Gasteiger partial charge in [0.2, 0.25) is 0 Å². The maximum atomic E-state index is 5.51. The number of nitrogens with one attached hydrogen (secondary N) is 1. The molecule has 0 radical (unpaired) electrons. The Morgan fingerprint density at radius 2 is 2.00 bits per heavy atom. The highest BCUT2D eigenvalue weighted by Crippen LogP contribution is 2.19. The summed E-state index contributed by atoms with van der Waals surface area (Å²) in [5.74, 6) is 0.932. The summed E-state index contributed by atoms with van der Waals surface area (Å²) in [7, 11) is 0. The van der Waals surface area contributed by atoms with Gasteiger partial charge in [0.15, 0.2) is 0 Å². The first-order valence-corrected chi connectivity index (χ1v) is 7.48. The van der Waals surface area contributed by atoms with Crippen molar-refractivity contribution in [2.24, 2.45) is 0 Å². The molecule has 1 N–H and O–H groups in total. The average molecular weight is 367 g/mol. The zero-order valence-electron chi connectivity index (χ0n) is 11.2. The number of halogens is 1. The second-order valence-electron chi connectivity index (χ2n) is 4.39. The lowest BCUT2D eigenvalue weighted by Crippen LogP contribution is -2.01. The number of aryl methyl sites for hydroxylation is 1. The van der Waals surface area contributed by atoms with Crippen LogP contribution in [0.15, 0.2) is 42.5 Å². The molecule has 100 valence electrons. The molecule has 2 aromatic rings. The minimum atomic E-state index is 0.702. The summed E-state index contributed by atoms with van der Waals surface area (Å²) in [6, 6.07) is 14.6. The third kappa shape index (κ3) is 4.13. The highest BCUT2D eigenvalue weighted by atomic mass is 127. The third-order valence-electron chi connectivity index (χ3n) is 2.88. The van der Waals surface area contributed by atoms with Gasteiger partial charge in [-0.25, -0.2) is 0 Å². The Kier molecular flexibility index (Phi) is 5.07. The Morgan fingerprint density at radius 1 is 1.16 bits per heavy atom. The largest absolute Gasteiger partial charge is 0.494 e. The SMILES string of the molecule is CCOc1cccc(CNc2ccc(I)cc2C)c1. The van der Waals surface area contributed by atoms with Crippen LogP contribution in [-0.4, -0.2) is 6.61 Å². The molecule has 0 bridgehead atoms. The molecular weight excluding hydrogens is 349 g/mol. The first kappa shape index (κ1) is 14.2. The van der Waals surface area contributed by atoms with Gasteiger partial charge in [0.05, 0.1) is 6.61 Å². The van der Waals surface area contributed by atoms with Crippen LogP contribution in [0, 0.1) is 10.5 Å². The normalized spacial score (nSPS) is 10.3. The van der Waals surface area contributed by atoms with Crippen molar-refractivity contribution in [1.29, 1.82) is 0 Å². The van der Waals surface area contributed by atoms with Gasteiger partial charge in [-0.05, 0) is 77.9 Å². The number of ether oxygens (including phenoxy) is 1. The van der Waals surface area contributed by atoms with Crippen LogP contribution in [0.25, 0.3) is 0 Å². The molecule has 0 aliphatic heterocycles. The zero-order valence-corrected chi connectivity index (χ0v) is 13.4. The molecule has 0 atom stereocenters. The van der Waals surface area contributed by atoms with Gasteiger partial charge in [-0.2, -0.15) is 0 Å². The smallest absolute Gasteiger partial charge is 0.119 e. The van der Waals surface area contributed by atoms with Crippen molar-refractivity contribution in [3.8, 4) is 5.75 Å². The summed E-state index contributed by atoms with van der Waals surface area (Å²) >= 11 is 2.33. The molecule has 0 aromatic heterocycles. The van der Waals surface area contributed by atoms with Crippen molar-refractivity contribution in [3.63, 3.8) is 0 Å². The molecule has 0 fully saturated rings. The van der Waals surface area contributed by atoms with Gasteiger partial charge in [0, 0.05) is 15.8 Å². The molecule has 3 heteroatoms. The molecular formula is C16H18INO.